The van der Waals surface area contributed by atoms with E-state index in [4.69, 9.17) is 4.98 Å². The molecule has 1 N–H and O–H groups in total. The highest BCUT2D eigenvalue weighted by Crippen LogP contribution is 2.32. The minimum atomic E-state index is -0.122. The van der Waals surface area contributed by atoms with Gasteiger partial charge in [-0.1, -0.05) is 29.5 Å². The highest BCUT2D eigenvalue weighted by molar-refractivity contribution is 7.99. The molecule has 2 heterocycles. The molecule has 1 amide bonds. The van der Waals surface area contributed by atoms with Gasteiger partial charge in [-0.3, -0.25) is 4.79 Å². The van der Waals surface area contributed by atoms with Gasteiger partial charge < -0.3 is 5.32 Å². The molecule has 0 fully saturated rings. The average Bonchev–Trinajstić information content (AvgIpc) is 3.05. The molecule has 2 aromatic carbocycles. The topological polar surface area (TPSA) is 67.8 Å². The van der Waals surface area contributed by atoms with E-state index in [0.29, 0.717) is 5.13 Å². The average molecular weight is 407 g/mol. The molecule has 140 valence electrons. The number of fused-ring (bicyclic) bond motifs is 1. The lowest BCUT2D eigenvalue weighted by atomic mass is 10.1. The van der Waals surface area contributed by atoms with Crippen molar-refractivity contribution in [1.82, 2.24) is 15.0 Å². The molecule has 0 saturated carbocycles. The second-order valence-corrected chi connectivity index (χ2v) is 8.52. The summed E-state index contributed by atoms with van der Waals surface area (Å²) >= 11 is 3.03. The summed E-state index contributed by atoms with van der Waals surface area (Å²) in [7, 11) is 0. The van der Waals surface area contributed by atoms with Gasteiger partial charge in [0.1, 0.15) is 0 Å². The van der Waals surface area contributed by atoms with Crippen LogP contribution >= 0.6 is 23.1 Å². The highest BCUT2D eigenvalue weighted by Gasteiger charge is 2.10. The largest absolute Gasteiger partial charge is 0.302 e. The summed E-state index contributed by atoms with van der Waals surface area (Å²) in [5.41, 5.74) is 5.14. The van der Waals surface area contributed by atoms with Gasteiger partial charge in [0.05, 0.1) is 15.9 Å². The molecule has 0 aliphatic heterocycles. The lowest BCUT2D eigenvalue weighted by Gasteiger charge is -2.07. The Morgan fingerprint density at radius 3 is 2.75 bits per heavy atom. The third-order valence-corrected chi connectivity index (χ3v) is 6.12. The first kappa shape index (κ1) is 18.6. The fourth-order valence-corrected chi connectivity index (χ4v) is 4.63. The van der Waals surface area contributed by atoms with Gasteiger partial charge >= 0.3 is 0 Å². The van der Waals surface area contributed by atoms with Crippen molar-refractivity contribution >= 4 is 44.4 Å². The van der Waals surface area contributed by atoms with Crippen LogP contribution < -0.4 is 5.32 Å². The van der Waals surface area contributed by atoms with Gasteiger partial charge in [0.2, 0.25) is 5.91 Å². The van der Waals surface area contributed by atoms with Crippen molar-refractivity contribution in [3.8, 4) is 11.3 Å². The number of amides is 1. The van der Waals surface area contributed by atoms with Crippen LogP contribution in [0.2, 0.25) is 0 Å². The van der Waals surface area contributed by atoms with Crippen LogP contribution in [0.25, 0.3) is 21.5 Å². The van der Waals surface area contributed by atoms with Gasteiger partial charge in [-0.15, -0.1) is 0 Å². The second-order valence-electron chi connectivity index (χ2n) is 6.48. The quantitative estimate of drug-likeness (QED) is 0.455. The first-order valence-corrected chi connectivity index (χ1v) is 10.4. The van der Waals surface area contributed by atoms with Crippen LogP contribution in [0.1, 0.15) is 18.1 Å². The van der Waals surface area contributed by atoms with E-state index < -0.39 is 0 Å². The van der Waals surface area contributed by atoms with Crippen LogP contribution in [-0.4, -0.2) is 20.9 Å². The number of hydrogen-bond acceptors (Lipinski definition) is 6. The van der Waals surface area contributed by atoms with E-state index in [1.165, 1.54) is 29.4 Å². The van der Waals surface area contributed by atoms with Crippen LogP contribution in [0.4, 0.5) is 5.13 Å². The van der Waals surface area contributed by atoms with Crippen molar-refractivity contribution in [1.29, 1.82) is 0 Å². The number of carbonyl (C=O) groups is 1. The standard InChI is InChI=1S/C21H18N4OS2/c1-12-4-5-13(2)18(10-12)27-20-22-9-8-16(24-20)15-6-7-17-19(11-15)28-21(25-17)23-14(3)26/h4-11H,1-3H3,(H,23,25,26). The fourth-order valence-electron chi connectivity index (χ4n) is 2.75. The number of aromatic nitrogens is 3. The second kappa shape index (κ2) is 7.69. The number of hydrogen-bond donors (Lipinski definition) is 1. The maximum Gasteiger partial charge on any atom is 0.223 e. The zero-order chi connectivity index (χ0) is 19.7. The third kappa shape index (κ3) is 4.05. The van der Waals surface area contributed by atoms with Crippen molar-refractivity contribution in [2.45, 2.75) is 30.8 Å². The van der Waals surface area contributed by atoms with E-state index in [-0.39, 0.29) is 5.91 Å². The number of benzene rings is 2. The molecule has 4 aromatic rings. The molecule has 0 spiro atoms. The SMILES string of the molecule is CC(=O)Nc1nc2ccc(-c3ccnc(Sc4cc(C)ccc4C)n3)cc2s1. The minimum Gasteiger partial charge on any atom is -0.302 e. The van der Waals surface area contributed by atoms with Gasteiger partial charge in [0.15, 0.2) is 10.3 Å². The Bertz CT molecular complexity index is 1190. The Morgan fingerprint density at radius 1 is 1.07 bits per heavy atom. The molecule has 0 unspecified atom stereocenters. The van der Waals surface area contributed by atoms with Crippen molar-refractivity contribution in [3.05, 3.63) is 59.8 Å². The molecule has 28 heavy (non-hydrogen) atoms. The molecular formula is C21H18N4OS2. The predicted molar refractivity (Wildman–Crippen MR) is 115 cm³/mol. The van der Waals surface area contributed by atoms with Crippen molar-refractivity contribution in [3.63, 3.8) is 0 Å². The third-order valence-electron chi connectivity index (χ3n) is 4.15. The number of nitrogens with one attached hydrogen (secondary N) is 1. The minimum absolute atomic E-state index is 0.122. The van der Waals surface area contributed by atoms with E-state index in [1.807, 2.05) is 24.3 Å². The van der Waals surface area contributed by atoms with Crippen molar-refractivity contribution in [2.24, 2.45) is 0 Å². The molecule has 5 nitrogen and oxygen atoms in total. The summed E-state index contributed by atoms with van der Waals surface area (Å²) in [5, 5.41) is 4.06. The number of anilines is 1. The highest BCUT2D eigenvalue weighted by atomic mass is 32.2. The normalized spacial score (nSPS) is 11.0. The Balaban J connectivity index is 1.65. The summed E-state index contributed by atoms with van der Waals surface area (Å²) in [4.78, 5) is 26.0. The van der Waals surface area contributed by atoms with Crippen LogP contribution in [0.3, 0.4) is 0 Å². The smallest absolute Gasteiger partial charge is 0.223 e. The van der Waals surface area contributed by atoms with Crippen LogP contribution in [0.15, 0.2) is 58.7 Å². The summed E-state index contributed by atoms with van der Waals surface area (Å²) < 4.78 is 1.00. The van der Waals surface area contributed by atoms with E-state index in [0.717, 1.165) is 31.5 Å². The van der Waals surface area contributed by atoms with E-state index in [1.54, 1.807) is 18.0 Å². The summed E-state index contributed by atoms with van der Waals surface area (Å²) in [6.45, 7) is 5.66. The monoisotopic (exact) mass is 406 g/mol. The molecule has 0 saturated heterocycles. The zero-order valence-electron chi connectivity index (χ0n) is 15.7. The lowest BCUT2D eigenvalue weighted by Crippen LogP contribution is -2.04. The zero-order valence-corrected chi connectivity index (χ0v) is 17.3. The van der Waals surface area contributed by atoms with Gasteiger partial charge in [-0.25, -0.2) is 15.0 Å². The lowest BCUT2D eigenvalue weighted by molar-refractivity contribution is -0.114. The Labute approximate surface area is 171 Å². The molecule has 0 atom stereocenters. The maximum absolute atomic E-state index is 11.2. The number of rotatable bonds is 4. The van der Waals surface area contributed by atoms with Gasteiger partial charge in [0.25, 0.3) is 0 Å². The molecule has 0 aliphatic rings. The molecule has 0 radical (unpaired) electrons. The fraction of sp³-hybridized carbons (Fsp3) is 0.143. The summed E-state index contributed by atoms with van der Waals surface area (Å²) in [6, 6.07) is 14.3. The number of nitrogens with zero attached hydrogens (tertiary/aromatic N) is 3. The predicted octanol–water partition coefficient (Wildman–Crippen LogP) is 5.48. The van der Waals surface area contributed by atoms with Crippen LogP contribution in [0.5, 0.6) is 0 Å². The van der Waals surface area contributed by atoms with E-state index in [9.17, 15) is 4.79 Å². The molecule has 0 aliphatic carbocycles. The molecule has 0 bridgehead atoms. The molecule has 4 rings (SSSR count). The number of thiazole rings is 1. The Kier molecular flexibility index (Phi) is 5.11. The van der Waals surface area contributed by atoms with Crippen molar-refractivity contribution < 1.29 is 4.79 Å². The Hall–Kier alpha value is -2.77. The van der Waals surface area contributed by atoms with Crippen molar-refractivity contribution in [2.75, 3.05) is 5.32 Å². The van der Waals surface area contributed by atoms with Gasteiger partial charge in [-0.05, 0) is 61.0 Å². The van der Waals surface area contributed by atoms with Gasteiger partial charge in [0, 0.05) is 23.6 Å². The number of carbonyl (C=O) groups excluding carboxylic acids is 1. The summed E-state index contributed by atoms with van der Waals surface area (Å²) in [6.07, 6.45) is 1.79. The first-order valence-electron chi connectivity index (χ1n) is 8.74. The van der Waals surface area contributed by atoms with Crippen LogP contribution in [0, 0.1) is 13.8 Å². The van der Waals surface area contributed by atoms with E-state index in [2.05, 4.69) is 47.3 Å². The molecule has 2 aromatic heterocycles. The maximum atomic E-state index is 11.2. The van der Waals surface area contributed by atoms with E-state index >= 15 is 0 Å². The molecular weight excluding hydrogens is 388 g/mol. The summed E-state index contributed by atoms with van der Waals surface area (Å²) in [5.74, 6) is -0.122. The molecule has 7 heteroatoms. The Morgan fingerprint density at radius 2 is 1.93 bits per heavy atom. The number of aryl methyl sites for hydroxylation is 2. The first-order chi connectivity index (χ1) is 13.5. The van der Waals surface area contributed by atoms with Gasteiger partial charge in [-0.2, -0.15) is 0 Å². The van der Waals surface area contributed by atoms with Crippen LogP contribution in [-0.2, 0) is 4.79 Å².